The lowest BCUT2D eigenvalue weighted by Crippen LogP contribution is -2.10. The summed E-state index contributed by atoms with van der Waals surface area (Å²) in [4.78, 5) is 0.582. The van der Waals surface area contributed by atoms with Crippen molar-refractivity contribution in [2.45, 2.75) is 31.1 Å². The van der Waals surface area contributed by atoms with Gasteiger partial charge in [-0.05, 0) is 24.3 Å². The lowest BCUT2D eigenvalue weighted by Gasteiger charge is -2.12. The summed E-state index contributed by atoms with van der Waals surface area (Å²) in [6.45, 7) is 6.24. The van der Waals surface area contributed by atoms with Crippen LogP contribution in [-0.2, 0) is 16.2 Å². The fraction of sp³-hybridized carbons (Fsp3) is 0.227. The van der Waals surface area contributed by atoms with Crippen molar-refractivity contribution in [1.82, 2.24) is 20.0 Å². The summed E-state index contributed by atoms with van der Waals surface area (Å²) >= 11 is 14.1. The van der Waals surface area contributed by atoms with Crippen molar-refractivity contribution in [3.63, 3.8) is 0 Å². The molecular weight excluding hydrogens is 471 g/mol. The third-order valence-electron chi connectivity index (χ3n) is 4.60. The van der Waals surface area contributed by atoms with Gasteiger partial charge in [0.25, 0.3) is 0 Å². The smallest absolute Gasteiger partial charge is 0.169 e. The zero-order chi connectivity index (χ0) is 22.3. The maximum Gasteiger partial charge on any atom is 0.169 e. The van der Waals surface area contributed by atoms with Gasteiger partial charge < -0.3 is 0 Å². The summed E-state index contributed by atoms with van der Waals surface area (Å²) in [6.07, 6.45) is 1.64. The molecule has 1 unspecified atom stereocenters. The highest BCUT2D eigenvalue weighted by molar-refractivity contribution is 7.84. The topological polar surface area (TPSA) is 60.7 Å². The summed E-state index contributed by atoms with van der Waals surface area (Å²) < 4.78 is 14.7. The van der Waals surface area contributed by atoms with Gasteiger partial charge in [0.15, 0.2) is 5.01 Å². The minimum Gasteiger partial charge on any atom is -0.254 e. The molecule has 0 radical (unpaired) electrons. The Balaban J connectivity index is 2.04. The second kappa shape index (κ2) is 8.47. The van der Waals surface area contributed by atoms with Crippen LogP contribution >= 0.6 is 34.5 Å². The first-order chi connectivity index (χ1) is 14.7. The first-order valence-corrected chi connectivity index (χ1v) is 12.6. The SMILES string of the molecule is CS(=O)c1c(-c2nnc(C(C)(C)C)s2)nn(-c2ccccc2Cl)c1-c1ccc(Cl)cc1. The number of nitrogens with zero attached hydrogens (tertiary/aromatic N) is 4. The Bertz CT molecular complexity index is 1270. The van der Waals surface area contributed by atoms with Crippen LogP contribution in [0.5, 0.6) is 0 Å². The van der Waals surface area contributed by atoms with Crippen molar-refractivity contribution in [3.05, 3.63) is 63.6 Å². The van der Waals surface area contributed by atoms with E-state index in [9.17, 15) is 4.21 Å². The molecule has 0 bridgehead atoms. The van der Waals surface area contributed by atoms with E-state index in [1.165, 1.54) is 11.3 Å². The van der Waals surface area contributed by atoms with Crippen molar-refractivity contribution in [3.8, 4) is 27.6 Å². The van der Waals surface area contributed by atoms with Crippen molar-refractivity contribution < 1.29 is 4.21 Å². The Kier molecular flexibility index (Phi) is 6.05. The summed E-state index contributed by atoms with van der Waals surface area (Å²) in [5.41, 5.74) is 2.60. The Morgan fingerprint density at radius 2 is 1.68 bits per heavy atom. The van der Waals surface area contributed by atoms with E-state index in [1.807, 2.05) is 30.3 Å². The number of para-hydroxylation sites is 1. The fourth-order valence-electron chi connectivity index (χ4n) is 3.10. The van der Waals surface area contributed by atoms with Gasteiger partial charge in [0.1, 0.15) is 10.7 Å². The van der Waals surface area contributed by atoms with Gasteiger partial charge in [0.05, 0.1) is 32.1 Å². The minimum atomic E-state index is -1.35. The van der Waals surface area contributed by atoms with Crippen molar-refractivity contribution in [1.29, 1.82) is 0 Å². The van der Waals surface area contributed by atoms with E-state index in [0.29, 0.717) is 37.0 Å². The van der Waals surface area contributed by atoms with E-state index >= 15 is 0 Å². The second-order valence-electron chi connectivity index (χ2n) is 8.01. The lowest BCUT2D eigenvalue weighted by molar-refractivity contribution is 0.578. The predicted molar refractivity (Wildman–Crippen MR) is 129 cm³/mol. The quantitative estimate of drug-likeness (QED) is 0.332. The Hall–Kier alpha value is -2.06. The number of hydrogen-bond acceptors (Lipinski definition) is 5. The number of benzene rings is 2. The zero-order valence-electron chi connectivity index (χ0n) is 17.4. The van der Waals surface area contributed by atoms with Crippen LogP contribution in [0, 0.1) is 0 Å². The first-order valence-electron chi connectivity index (χ1n) is 9.48. The molecule has 0 saturated carbocycles. The van der Waals surface area contributed by atoms with Gasteiger partial charge in [0.2, 0.25) is 0 Å². The molecule has 1 atom stereocenters. The molecule has 4 rings (SSSR count). The highest BCUT2D eigenvalue weighted by Gasteiger charge is 2.28. The fourth-order valence-corrected chi connectivity index (χ4v) is 5.28. The summed E-state index contributed by atoms with van der Waals surface area (Å²) in [7, 11) is -1.35. The summed E-state index contributed by atoms with van der Waals surface area (Å²) in [5.74, 6) is 0. The van der Waals surface area contributed by atoms with E-state index in [4.69, 9.17) is 28.3 Å². The third kappa shape index (κ3) is 4.32. The van der Waals surface area contributed by atoms with Crippen molar-refractivity contribution >= 4 is 45.3 Å². The Labute approximate surface area is 197 Å². The van der Waals surface area contributed by atoms with Crippen LogP contribution in [-0.4, -0.2) is 30.4 Å². The van der Waals surface area contributed by atoms with Crippen molar-refractivity contribution in [2.24, 2.45) is 0 Å². The van der Waals surface area contributed by atoms with E-state index in [1.54, 1.807) is 29.1 Å². The minimum absolute atomic E-state index is 0.147. The van der Waals surface area contributed by atoms with Crippen LogP contribution in [0.2, 0.25) is 10.0 Å². The maximum absolute atomic E-state index is 13.0. The van der Waals surface area contributed by atoms with Gasteiger partial charge in [-0.2, -0.15) is 5.10 Å². The standard InChI is InChI=1S/C22H20Cl2N4OS2/c1-22(2,3)21-26-25-20(30-21)17-19(31(4)29)18(13-9-11-14(23)12-10-13)28(27-17)16-8-6-5-7-15(16)24/h5-12H,1-4H3. The van der Waals surface area contributed by atoms with E-state index < -0.39 is 10.8 Å². The van der Waals surface area contributed by atoms with Crippen LogP contribution < -0.4 is 0 Å². The molecule has 31 heavy (non-hydrogen) atoms. The van der Waals surface area contributed by atoms with Crippen LogP contribution in [0.15, 0.2) is 53.4 Å². The molecule has 5 nitrogen and oxygen atoms in total. The van der Waals surface area contributed by atoms with E-state index in [0.717, 1.165) is 10.6 Å². The van der Waals surface area contributed by atoms with Gasteiger partial charge in [-0.3, -0.25) is 4.21 Å². The Morgan fingerprint density at radius 3 is 2.26 bits per heavy atom. The molecule has 2 heterocycles. The average molecular weight is 491 g/mol. The molecule has 0 spiro atoms. The zero-order valence-corrected chi connectivity index (χ0v) is 20.5. The molecule has 9 heteroatoms. The first kappa shape index (κ1) is 22.1. The van der Waals surface area contributed by atoms with Crippen LogP contribution in [0.3, 0.4) is 0 Å². The highest BCUT2D eigenvalue weighted by Crippen LogP contribution is 2.40. The van der Waals surface area contributed by atoms with Crippen LogP contribution in [0.1, 0.15) is 25.8 Å². The van der Waals surface area contributed by atoms with Gasteiger partial charge in [-0.25, -0.2) is 4.68 Å². The molecule has 0 aliphatic rings. The van der Waals surface area contributed by atoms with E-state index in [-0.39, 0.29) is 5.41 Å². The molecule has 2 aromatic carbocycles. The molecule has 0 N–H and O–H groups in total. The van der Waals surface area contributed by atoms with Gasteiger partial charge in [-0.1, -0.05) is 79.6 Å². The average Bonchev–Trinajstić information content (AvgIpc) is 3.34. The highest BCUT2D eigenvalue weighted by atomic mass is 35.5. The molecule has 4 aromatic rings. The molecule has 0 aliphatic carbocycles. The molecule has 0 amide bonds. The number of rotatable bonds is 4. The lowest BCUT2D eigenvalue weighted by atomic mass is 9.98. The number of aromatic nitrogens is 4. The molecule has 0 saturated heterocycles. The predicted octanol–water partition coefficient (Wildman–Crippen LogP) is 6.40. The largest absolute Gasteiger partial charge is 0.254 e. The molecule has 2 aromatic heterocycles. The van der Waals surface area contributed by atoms with Crippen molar-refractivity contribution in [2.75, 3.05) is 6.26 Å². The number of halogens is 2. The molecule has 0 aliphatic heterocycles. The Morgan fingerprint density at radius 1 is 1.00 bits per heavy atom. The maximum atomic E-state index is 13.0. The molecular formula is C22H20Cl2N4OS2. The summed E-state index contributed by atoms with van der Waals surface area (Å²) in [6, 6.07) is 14.8. The van der Waals surface area contributed by atoms with Gasteiger partial charge in [-0.15, -0.1) is 10.2 Å². The van der Waals surface area contributed by atoms with Gasteiger partial charge >= 0.3 is 0 Å². The van der Waals surface area contributed by atoms with Crippen LogP contribution in [0.25, 0.3) is 27.6 Å². The molecule has 0 fully saturated rings. The third-order valence-corrected chi connectivity index (χ3v) is 7.49. The molecule has 160 valence electrons. The van der Waals surface area contributed by atoms with Gasteiger partial charge in [0, 0.05) is 22.3 Å². The van der Waals surface area contributed by atoms with Crippen LogP contribution in [0.4, 0.5) is 0 Å². The monoisotopic (exact) mass is 490 g/mol. The summed E-state index contributed by atoms with van der Waals surface area (Å²) in [5, 5.41) is 16.2. The second-order valence-corrected chi connectivity index (χ2v) is 11.2. The number of hydrogen-bond donors (Lipinski definition) is 0. The normalized spacial score (nSPS) is 12.8. The van der Waals surface area contributed by atoms with E-state index in [2.05, 4.69) is 31.0 Å².